The third-order valence-electron chi connectivity index (χ3n) is 3.41. The molecule has 0 unspecified atom stereocenters. The monoisotopic (exact) mass is 292 g/mol. The maximum absolute atomic E-state index is 10.9. The van der Waals surface area contributed by atoms with E-state index in [0.29, 0.717) is 0 Å². The summed E-state index contributed by atoms with van der Waals surface area (Å²) in [6.07, 6.45) is 0. The summed E-state index contributed by atoms with van der Waals surface area (Å²) in [4.78, 5) is 0. The summed E-state index contributed by atoms with van der Waals surface area (Å²) in [5.74, 6) is -0.494. The normalized spacial score (nSPS) is 12.3. The topological polar surface area (TPSA) is 20.2 Å². The smallest absolute Gasteiger partial charge is 0.106 e. The van der Waals surface area contributed by atoms with Crippen molar-refractivity contribution in [3.05, 3.63) is 96.6 Å². The number of aliphatic hydroxyl groups is 1. The lowest BCUT2D eigenvalue weighted by molar-refractivity contribution is 0.266. The van der Waals surface area contributed by atoms with Gasteiger partial charge < -0.3 is 5.11 Å². The summed E-state index contributed by atoms with van der Waals surface area (Å²) in [7, 11) is -0.833. The van der Waals surface area contributed by atoms with Crippen LogP contribution in [0.1, 0.15) is 11.4 Å². The number of hydrogen-bond acceptors (Lipinski definition) is 1. The van der Waals surface area contributed by atoms with E-state index in [0.717, 1.165) is 5.56 Å². The maximum atomic E-state index is 10.9. The van der Waals surface area contributed by atoms with Crippen LogP contribution in [0.2, 0.25) is 0 Å². The van der Waals surface area contributed by atoms with Crippen LogP contribution in [-0.4, -0.2) is 5.11 Å². The first-order chi connectivity index (χ1) is 10.4. The summed E-state index contributed by atoms with van der Waals surface area (Å²) < 4.78 is 0. The lowest BCUT2D eigenvalue weighted by Crippen LogP contribution is -2.16. The molecule has 104 valence electrons. The van der Waals surface area contributed by atoms with Gasteiger partial charge in [-0.05, 0) is 24.1 Å². The van der Waals surface area contributed by atoms with Crippen molar-refractivity contribution in [2.24, 2.45) is 0 Å². The van der Waals surface area contributed by atoms with Gasteiger partial charge in [0, 0.05) is 0 Å². The van der Waals surface area contributed by atoms with Gasteiger partial charge in [-0.25, -0.2) is 0 Å². The van der Waals surface area contributed by atoms with Gasteiger partial charge in [0.1, 0.15) is 5.85 Å². The maximum Gasteiger partial charge on any atom is 0.106 e. The highest BCUT2D eigenvalue weighted by Crippen LogP contribution is 2.47. The van der Waals surface area contributed by atoms with Crippen molar-refractivity contribution >= 4 is 18.5 Å². The molecule has 3 rings (SSSR count). The van der Waals surface area contributed by atoms with E-state index in [2.05, 4.69) is 24.3 Å². The first-order valence-electron chi connectivity index (χ1n) is 6.98. The zero-order valence-electron chi connectivity index (χ0n) is 11.6. The first kappa shape index (κ1) is 14.0. The van der Waals surface area contributed by atoms with Gasteiger partial charge in [0.15, 0.2) is 0 Å². The Hall–Kier alpha value is -1.95. The summed E-state index contributed by atoms with van der Waals surface area (Å²) in [5, 5.41) is 13.3. The number of hydrogen-bond donors (Lipinski definition) is 1. The highest BCUT2D eigenvalue weighted by molar-refractivity contribution is 7.73. The fourth-order valence-electron chi connectivity index (χ4n) is 2.38. The van der Waals surface area contributed by atoms with Crippen molar-refractivity contribution in [1.29, 1.82) is 0 Å². The Balaban J connectivity index is 2.05. The average Bonchev–Trinajstić information content (AvgIpc) is 2.58. The van der Waals surface area contributed by atoms with E-state index in [9.17, 15) is 5.11 Å². The minimum Gasteiger partial charge on any atom is -0.383 e. The minimum atomic E-state index is -0.833. The van der Waals surface area contributed by atoms with Crippen molar-refractivity contribution in [2.75, 3.05) is 0 Å². The number of rotatable bonds is 4. The van der Waals surface area contributed by atoms with E-state index in [-0.39, 0.29) is 0 Å². The van der Waals surface area contributed by atoms with Crippen LogP contribution in [0, 0.1) is 0 Å². The van der Waals surface area contributed by atoms with Gasteiger partial charge in [-0.15, -0.1) is 0 Å². The number of benzene rings is 3. The highest BCUT2D eigenvalue weighted by Gasteiger charge is 2.23. The van der Waals surface area contributed by atoms with E-state index in [1.165, 1.54) is 10.6 Å². The second-order valence-electron chi connectivity index (χ2n) is 4.83. The van der Waals surface area contributed by atoms with E-state index in [1.54, 1.807) is 0 Å². The van der Waals surface area contributed by atoms with Gasteiger partial charge in [0.25, 0.3) is 0 Å². The van der Waals surface area contributed by atoms with Gasteiger partial charge in [0.2, 0.25) is 0 Å². The molecular formula is C19H17OP. The van der Waals surface area contributed by atoms with E-state index in [1.807, 2.05) is 66.7 Å². The molecule has 0 aromatic heterocycles. The van der Waals surface area contributed by atoms with E-state index < -0.39 is 13.8 Å². The second kappa shape index (κ2) is 6.67. The molecule has 0 bridgehead atoms. The molecule has 21 heavy (non-hydrogen) atoms. The molecule has 0 heterocycles. The Morgan fingerprint density at radius 1 is 0.571 bits per heavy atom. The van der Waals surface area contributed by atoms with Crippen LogP contribution >= 0.6 is 7.92 Å². The van der Waals surface area contributed by atoms with Crippen LogP contribution < -0.4 is 10.6 Å². The van der Waals surface area contributed by atoms with Crippen LogP contribution in [-0.2, 0) is 0 Å². The molecule has 0 aliphatic carbocycles. The van der Waals surface area contributed by atoms with Gasteiger partial charge in [0.05, 0.1) is 0 Å². The van der Waals surface area contributed by atoms with Gasteiger partial charge in [-0.1, -0.05) is 91.0 Å². The summed E-state index contributed by atoms with van der Waals surface area (Å²) in [6, 6.07) is 30.5. The molecular weight excluding hydrogens is 275 g/mol. The zero-order chi connectivity index (χ0) is 14.5. The quantitative estimate of drug-likeness (QED) is 0.725. The Morgan fingerprint density at radius 3 is 1.38 bits per heavy atom. The summed E-state index contributed by atoms with van der Waals surface area (Å²) in [5.41, 5.74) is 0.969. The van der Waals surface area contributed by atoms with Crippen LogP contribution in [0.25, 0.3) is 0 Å². The molecule has 0 saturated carbocycles. The zero-order valence-corrected chi connectivity index (χ0v) is 12.5. The Kier molecular flexibility index (Phi) is 4.45. The van der Waals surface area contributed by atoms with Crippen LogP contribution in [0.5, 0.6) is 0 Å². The first-order valence-corrected chi connectivity index (χ1v) is 8.40. The molecule has 0 saturated heterocycles. The molecule has 0 aliphatic rings. The highest BCUT2D eigenvalue weighted by atomic mass is 31.1. The molecule has 0 aliphatic heterocycles. The van der Waals surface area contributed by atoms with Crippen molar-refractivity contribution in [1.82, 2.24) is 0 Å². The fourth-order valence-corrected chi connectivity index (χ4v) is 4.70. The third kappa shape index (κ3) is 3.21. The second-order valence-corrected chi connectivity index (χ2v) is 7.09. The molecule has 0 spiro atoms. The Morgan fingerprint density at radius 2 is 0.952 bits per heavy atom. The van der Waals surface area contributed by atoms with Gasteiger partial charge >= 0.3 is 0 Å². The van der Waals surface area contributed by atoms with E-state index in [4.69, 9.17) is 0 Å². The predicted molar refractivity (Wildman–Crippen MR) is 90.5 cm³/mol. The van der Waals surface area contributed by atoms with Crippen LogP contribution in [0.3, 0.4) is 0 Å². The van der Waals surface area contributed by atoms with Crippen LogP contribution in [0.15, 0.2) is 91.0 Å². The third-order valence-corrected chi connectivity index (χ3v) is 5.91. The molecule has 2 heteroatoms. The molecule has 3 aromatic carbocycles. The molecule has 1 N–H and O–H groups in total. The fraction of sp³-hybridized carbons (Fsp3) is 0.0526. The van der Waals surface area contributed by atoms with Gasteiger partial charge in [-0.2, -0.15) is 0 Å². The lowest BCUT2D eigenvalue weighted by Gasteiger charge is -2.24. The van der Waals surface area contributed by atoms with Crippen molar-refractivity contribution in [2.45, 2.75) is 5.85 Å². The standard InChI is InChI=1S/C19H17OP/c20-19(16-10-4-1-5-11-16)21(17-12-6-2-7-13-17)18-14-8-3-9-15-18/h1-15,19-20H/t19-/m0/s1. The van der Waals surface area contributed by atoms with Crippen molar-refractivity contribution in [3.63, 3.8) is 0 Å². The van der Waals surface area contributed by atoms with Crippen molar-refractivity contribution < 1.29 is 5.11 Å². The average molecular weight is 292 g/mol. The van der Waals surface area contributed by atoms with Crippen LogP contribution in [0.4, 0.5) is 0 Å². The molecule has 1 nitrogen and oxygen atoms in total. The molecule has 1 atom stereocenters. The Bertz CT molecular complexity index is 628. The molecule has 3 aromatic rings. The van der Waals surface area contributed by atoms with Crippen molar-refractivity contribution in [3.8, 4) is 0 Å². The SMILES string of the molecule is O[C@H](c1ccccc1)P(c1ccccc1)c1ccccc1. The summed E-state index contributed by atoms with van der Waals surface area (Å²) in [6.45, 7) is 0. The largest absolute Gasteiger partial charge is 0.383 e. The number of aliphatic hydroxyl groups excluding tert-OH is 1. The molecule has 0 fully saturated rings. The lowest BCUT2D eigenvalue weighted by atomic mass is 10.2. The van der Waals surface area contributed by atoms with E-state index >= 15 is 0 Å². The molecule has 0 radical (unpaired) electrons. The molecule has 0 amide bonds. The van der Waals surface area contributed by atoms with Gasteiger partial charge in [-0.3, -0.25) is 0 Å². The predicted octanol–water partition coefficient (Wildman–Crippen LogP) is 3.81. The minimum absolute atomic E-state index is 0.494. The summed E-state index contributed by atoms with van der Waals surface area (Å²) >= 11 is 0. The Labute approximate surface area is 126 Å².